The van der Waals surface area contributed by atoms with E-state index < -0.39 is 0 Å². The summed E-state index contributed by atoms with van der Waals surface area (Å²) in [5.74, 6) is 0.0584. The van der Waals surface area contributed by atoms with Crippen LogP contribution in [0.4, 0.5) is 10.7 Å². The first kappa shape index (κ1) is 22.4. The van der Waals surface area contributed by atoms with Crippen LogP contribution in [0.15, 0.2) is 42.5 Å². The second kappa shape index (κ2) is 9.76. The molecule has 7 heteroatoms. The highest BCUT2D eigenvalue weighted by atomic mass is 35.5. The van der Waals surface area contributed by atoms with Gasteiger partial charge in [-0.2, -0.15) is 0 Å². The number of ether oxygens (including phenoxy) is 1. The van der Waals surface area contributed by atoms with Crippen LogP contribution in [0, 0.1) is 13.8 Å². The summed E-state index contributed by atoms with van der Waals surface area (Å²) >= 11 is 7.37. The van der Waals surface area contributed by atoms with Crippen molar-refractivity contribution in [1.82, 2.24) is 0 Å². The van der Waals surface area contributed by atoms with Gasteiger partial charge >= 0.3 is 0 Å². The van der Waals surface area contributed by atoms with Gasteiger partial charge in [-0.25, -0.2) is 0 Å². The van der Waals surface area contributed by atoms with Crippen molar-refractivity contribution < 1.29 is 14.3 Å². The molecule has 0 atom stereocenters. The molecule has 4 rings (SSSR count). The quantitative estimate of drug-likeness (QED) is 0.454. The lowest BCUT2D eigenvalue weighted by Gasteiger charge is -2.14. The summed E-state index contributed by atoms with van der Waals surface area (Å²) in [6, 6.07) is 12.7. The van der Waals surface area contributed by atoms with Crippen molar-refractivity contribution in [2.45, 2.75) is 39.5 Å². The van der Waals surface area contributed by atoms with Crippen molar-refractivity contribution in [3.63, 3.8) is 0 Å². The number of benzene rings is 2. The molecule has 0 saturated carbocycles. The molecule has 1 aliphatic rings. The van der Waals surface area contributed by atoms with Gasteiger partial charge in [0.1, 0.15) is 10.8 Å². The summed E-state index contributed by atoms with van der Waals surface area (Å²) in [6.07, 6.45) is 3.92. The van der Waals surface area contributed by atoms with Gasteiger partial charge in [0.2, 0.25) is 0 Å². The van der Waals surface area contributed by atoms with Crippen molar-refractivity contribution in [3.05, 3.63) is 74.6 Å². The fourth-order valence-electron chi connectivity index (χ4n) is 3.75. The second-order valence-electron chi connectivity index (χ2n) is 7.96. The van der Waals surface area contributed by atoms with E-state index in [4.69, 9.17) is 16.3 Å². The smallest absolute Gasteiger partial charge is 0.262 e. The second-order valence-corrected chi connectivity index (χ2v) is 9.50. The summed E-state index contributed by atoms with van der Waals surface area (Å²) in [7, 11) is 0. The molecule has 166 valence electrons. The third kappa shape index (κ3) is 5.14. The maximum absolute atomic E-state index is 13.3. The van der Waals surface area contributed by atoms with Crippen molar-refractivity contribution >= 4 is 45.4 Å². The average Bonchev–Trinajstić information content (AvgIpc) is 3.13. The lowest BCUT2D eigenvalue weighted by Crippen LogP contribution is -2.22. The van der Waals surface area contributed by atoms with Crippen molar-refractivity contribution in [2.75, 3.05) is 17.2 Å². The van der Waals surface area contributed by atoms with Gasteiger partial charge < -0.3 is 15.4 Å². The molecule has 0 radical (unpaired) electrons. The third-order valence-corrected chi connectivity index (χ3v) is 7.06. The molecule has 32 heavy (non-hydrogen) atoms. The predicted octanol–water partition coefficient (Wildman–Crippen LogP) is 6.17. The maximum atomic E-state index is 13.3. The van der Waals surface area contributed by atoms with Crippen molar-refractivity contribution in [3.8, 4) is 5.75 Å². The molecule has 0 aliphatic heterocycles. The minimum absolute atomic E-state index is 0.150. The zero-order valence-electron chi connectivity index (χ0n) is 18.1. The van der Waals surface area contributed by atoms with Crippen LogP contribution < -0.4 is 15.4 Å². The summed E-state index contributed by atoms with van der Waals surface area (Å²) in [5.41, 5.74) is 4.66. The van der Waals surface area contributed by atoms with E-state index in [0.29, 0.717) is 21.3 Å². The average molecular weight is 469 g/mol. The van der Waals surface area contributed by atoms with Crippen molar-refractivity contribution in [2.24, 2.45) is 0 Å². The Bertz CT molecular complexity index is 1150. The molecule has 1 aliphatic carbocycles. The number of aryl methyl sites for hydroxylation is 3. The van der Waals surface area contributed by atoms with E-state index in [1.54, 1.807) is 24.3 Å². The van der Waals surface area contributed by atoms with Crippen LogP contribution >= 0.6 is 22.9 Å². The predicted molar refractivity (Wildman–Crippen MR) is 130 cm³/mol. The van der Waals surface area contributed by atoms with Gasteiger partial charge in [0.05, 0.1) is 5.56 Å². The first-order valence-corrected chi connectivity index (χ1v) is 11.8. The van der Waals surface area contributed by atoms with E-state index in [2.05, 4.69) is 10.6 Å². The van der Waals surface area contributed by atoms with Gasteiger partial charge in [-0.1, -0.05) is 17.7 Å². The monoisotopic (exact) mass is 468 g/mol. The molecular weight excluding hydrogens is 444 g/mol. The molecule has 0 unspecified atom stereocenters. The number of halogens is 1. The van der Waals surface area contributed by atoms with E-state index in [1.807, 2.05) is 32.0 Å². The minimum atomic E-state index is -0.307. The van der Waals surface area contributed by atoms with Gasteiger partial charge in [0.15, 0.2) is 6.61 Å². The van der Waals surface area contributed by atoms with Gasteiger partial charge in [-0.3, -0.25) is 9.59 Å². The molecule has 1 heterocycles. The van der Waals surface area contributed by atoms with Crippen LogP contribution in [0.25, 0.3) is 0 Å². The van der Waals surface area contributed by atoms with Gasteiger partial charge in [0.25, 0.3) is 11.8 Å². The number of rotatable bonds is 6. The largest absolute Gasteiger partial charge is 0.484 e. The first-order chi connectivity index (χ1) is 15.4. The number of hydrogen-bond donors (Lipinski definition) is 2. The van der Waals surface area contributed by atoms with Crippen LogP contribution in [-0.4, -0.2) is 18.4 Å². The van der Waals surface area contributed by atoms with E-state index >= 15 is 0 Å². The summed E-state index contributed by atoms with van der Waals surface area (Å²) in [4.78, 5) is 27.0. The zero-order chi connectivity index (χ0) is 22.7. The highest BCUT2D eigenvalue weighted by Gasteiger charge is 2.26. The summed E-state index contributed by atoms with van der Waals surface area (Å²) < 4.78 is 5.55. The molecular formula is C25H25ClN2O3S. The van der Waals surface area contributed by atoms with Crippen LogP contribution in [0.1, 0.15) is 44.8 Å². The Hall–Kier alpha value is -2.83. The number of hydrogen-bond acceptors (Lipinski definition) is 4. The molecule has 0 spiro atoms. The molecule has 1 aromatic heterocycles. The van der Waals surface area contributed by atoms with Crippen LogP contribution in [-0.2, 0) is 17.6 Å². The van der Waals surface area contributed by atoms with E-state index in [-0.39, 0.29) is 18.4 Å². The molecule has 2 aromatic carbocycles. The molecule has 3 aromatic rings. The molecule has 2 amide bonds. The van der Waals surface area contributed by atoms with Crippen LogP contribution in [0.5, 0.6) is 5.75 Å². The summed E-state index contributed by atoms with van der Waals surface area (Å²) in [6.45, 7) is 3.90. The van der Waals surface area contributed by atoms with E-state index in [0.717, 1.165) is 42.5 Å². The Kier molecular flexibility index (Phi) is 6.82. The SMILES string of the molecule is Cc1ccc(NC(=O)c2c(NC(=O)COc3ccc(Cl)cc3)sc3c2CCCC3)cc1C. The Morgan fingerprint density at radius 3 is 2.50 bits per heavy atom. The highest BCUT2D eigenvalue weighted by Crippen LogP contribution is 2.38. The highest BCUT2D eigenvalue weighted by molar-refractivity contribution is 7.17. The number of thiophene rings is 1. The van der Waals surface area contributed by atoms with Crippen LogP contribution in [0.3, 0.4) is 0 Å². The molecule has 0 saturated heterocycles. The van der Waals surface area contributed by atoms with E-state index in [1.165, 1.54) is 21.8 Å². The Morgan fingerprint density at radius 2 is 1.75 bits per heavy atom. The van der Waals surface area contributed by atoms with E-state index in [9.17, 15) is 9.59 Å². The van der Waals surface area contributed by atoms with Crippen molar-refractivity contribution in [1.29, 1.82) is 0 Å². The Balaban J connectivity index is 1.52. The minimum Gasteiger partial charge on any atom is -0.484 e. The lowest BCUT2D eigenvalue weighted by atomic mass is 9.95. The maximum Gasteiger partial charge on any atom is 0.262 e. The number of fused-ring (bicyclic) bond motifs is 1. The fraction of sp³-hybridized carbons (Fsp3) is 0.280. The third-order valence-electron chi connectivity index (χ3n) is 5.60. The first-order valence-electron chi connectivity index (χ1n) is 10.6. The topological polar surface area (TPSA) is 67.4 Å². The van der Waals surface area contributed by atoms with Gasteiger partial charge in [0, 0.05) is 15.6 Å². The normalized spacial score (nSPS) is 12.7. The standard InChI is InChI=1S/C25H25ClN2O3S/c1-15-7-10-18(13-16(15)2)27-24(30)23-20-5-3-4-6-21(20)32-25(23)28-22(29)14-31-19-11-8-17(26)9-12-19/h7-13H,3-6,14H2,1-2H3,(H,27,30)(H,28,29). The van der Waals surface area contributed by atoms with Gasteiger partial charge in [-0.05, 0) is 92.6 Å². The summed E-state index contributed by atoms with van der Waals surface area (Å²) in [5, 5.41) is 7.10. The lowest BCUT2D eigenvalue weighted by molar-refractivity contribution is -0.118. The molecule has 5 nitrogen and oxygen atoms in total. The van der Waals surface area contributed by atoms with Crippen LogP contribution in [0.2, 0.25) is 5.02 Å². The molecule has 0 fully saturated rings. The molecule has 0 bridgehead atoms. The number of nitrogens with one attached hydrogen (secondary N) is 2. The number of carbonyl (C=O) groups is 2. The Labute approximate surface area is 196 Å². The number of anilines is 2. The number of amides is 2. The number of carbonyl (C=O) groups excluding carboxylic acids is 2. The molecule has 2 N–H and O–H groups in total. The Morgan fingerprint density at radius 1 is 1.00 bits per heavy atom. The van der Waals surface area contributed by atoms with Gasteiger partial charge in [-0.15, -0.1) is 11.3 Å². The zero-order valence-corrected chi connectivity index (χ0v) is 19.7. The fourth-order valence-corrected chi connectivity index (χ4v) is 5.18.